The zero-order chi connectivity index (χ0) is 19.5. The van der Waals surface area contributed by atoms with Crippen LogP contribution in [-0.2, 0) is 17.6 Å². The summed E-state index contributed by atoms with van der Waals surface area (Å²) < 4.78 is 11.5. The van der Waals surface area contributed by atoms with E-state index < -0.39 is 5.97 Å². The number of carboxylic acid groups (broad SMARTS) is 1. The van der Waals surface area contributed by atoms with Crippen LogP contribution in [0.2, 0.25) is 0 Å². The highest BCUT2D eigenvalue weighted by atomic mass is 16.5. The summed E-state index contributed by atoms with van der Waals surface area (Å²) in [7, 11) is 0. The van der Waals surface area contributed by atoms with Crippen LogP contribution in [0.4, 0.5) is 0 Å². The van der Waals surface area contributed by atoms with Crippen molar-refractivity contribution in [3.05, 3.63) is 64.7 Å². The standard InChI is InChI=1S/C24H26O4/c1-16(18-7-6-17-4-2-3-5-19(17)12-18)10-11-27-21-8-9-22-20(13-24(25)26)15-28-23(22)14-21/h6-10,12,14,20H,2-5,11,13,15H2,1H3,(H,25,26)/b16-10-. The molecule has 4 heteroatoms. The molecule has 4 nitrogen and oxygen atoms in total. The van der Waals surface area contributed by atoms with Crippen molar-refractivity contribution in [1.29, 1.82) is 0 Å². The van der Waals surface area contributed by atoms with E-state index in [0.717, 1.165) is 17.1 Å². The van der Waals surface area contributed by atoms with Crippen LogP contribution in [0.25, 0.3) is 5.57 Å². The van der Waals surface area contributed by atoms with Gasteiger partial charge in [-0.3, -0.25) is 4.79 Å². The van der Waals surface area contributed by atoms with Crippen LogP contribution in [0.15, 0.2) is 42.5 Å². The molecule has 1 heterocycles. The monoisotopic (exact) mass is 378 g/mol. The van der Waals surface area contributed by atoms with Crippen LogP contribution in [0.5, 0.6) is 11.5 Å². The quantitative estimate of drug-likeness (QED) is 0.769. The fourth-order valence-corrected chi connectivity index (χ4v) is 4.09. The number of hydrogen-bond acceptors (Lipinski definition) is 3. The maximum absolute atomic E-state index is 10.9. The second-order valence-corrected chi connectivity index (χ2v) is 7.69. The molecule has 0 bridgehead atoms. The lowest BCUT2D eigenvalue weighted by molar-refractivity contribution is -0.137. The number of benzene rings is 2. The molecule has 4 rings (SSSR count). The number of aryl methyl sites for hydroxylation is 2. The molecule has 0 saturated carbocycles. The fourth-order valence-electron chi connectivity index (χ4n) is 4.09. The summed E-state index contributed by atoms with van der Waals surface area (Å²) in [5, 5.41) is 8.99. The van der Waals surface area contributed by atoms with E-state index in [0.29, 0.717) is 13.2 Å². The molecule has 0 radical (unpaired) electrons. The van der Waals surface area contributed by atoms with Gasteiger partial charge in [0, 0.05) is 17.5 Å². The van der Waals surface area contributed by atoms with Crippen LogP contribution < -0.4 is 9.47 Å². The second-order valence-electron chi connectivity index (χ2n) is 7.69. The molecule has 0 fully saturated rings. The highest BCUT2D eigenvalue weighted by Gasteiger charge is 2.26. The molecule has 2 aromatic rings. The molecule has 0 saturated heterocycles. The van der Waals surface area contributed by atoms with E-state index in [1.165, 1.54) is 47.9 Å². The minimum Gasteiger partial charge on any atom is -0.492 e. The van der Waals surface area contributed by atoms with Gasteiger partial charge in [0.2, 0.25) is 0 Å². The fraction of sp³-hybridized carbons (Fsp3) is 0.375. The van der Waals surface area contributed by atoms with Crippen molar-refractivity contribution in [2.24, 2.45) is 0 Å². The summed E-state index contributed by atoms with van der Waals surface area (Å²) in [4.78, 5) is 10.9. The molecule has 146 valence electrons. The van der Waals surface area contributed by atoms with Gasteiger partial charge >= 0.3 is 5.97 Å². The molecular formula is C24H26O4. The molecule has 1 N–H and O–H groups in total. The Morgan fingerprint density at radius 2 is 2.00 bits per heavy atom. The van der Waals surface area contributed by atoms with Crippen LogP contribution in [0, 0.1) is 0 Å². The summed E-state index contributed by atoms with van der Waals surface area (Å²) in [5.74, 6) is 0.598. The molecule has 0 spiro atoms. The largest absolute Gasteiger partial charge is 0.492 e. The SMILES string of the molecule is C/C(=C/COc1ccc2c(c1)OCC2CC(=O)O)c1ccc2c(c1)CCCC2. The molecule has 2 aliphatic rings. The van der Waals surface area contributed by atoms with Crippen LogP contribution in [-0.4, -0.2) is 24.3 Å². The minimum atomic E-state index is -0.801. The Kier molecular flexibility index (Phi) is 5.38. The number of carboxylic acids is 1. The van der Waals surface area contributed by atoms with Gasteiger partial charge < -0.3 is 14.6 Å². The number of rotatable bonds is 6. The first-order chi connectivity index (χ1) is 13.6. The lowest BCUT2D eigenvalue weighted by Gasteiger charge is -2.16. The Balaban J connectivity index is 1.39. The van der Waals surface area contributed by atoms with Gasteiger partial charge in [0.15, 0.2) is 0 Å². The van der Waals surface area contributed by atoms with Gasteiger partial charge in [0.25, 0.3) is 0 Å². The van der Waals surface area contributed by atoms with E-state index in [9.17, 15) is 4.79 Å². The van der Waals surface area contributed by atoms with Crippen LogP contribution >= 0.6 is 0 Å². The molecule has 1 unspecified atom stereocenters. The third-order valence-corrected chi connectivity index (χ3v) is 5.73. The molecular weight excluding hydrogens is 352 g/mol. The zero-order valence-electron chi connectivity index (χ0n) is 16.2. The number of carbonyl (C=O) groups is 1. The third kappa shape index (κ3) is 4.06. The molecule has 28 heavy (non-hydrogen) atoms. The normalized spacial score (nSPS) is 18.2. The first kappa shape index (κ1) is 18.6. The lowest BCUT2D eigenvalue weighted by Crippen LogP contribution is -2.07. The summed E-state index contributed by atoms with van der Waals surface area (Å²) in [6, 6.07) is 12.5. The van der Waals surface area contributed by atoms with E-state index in [4.69, 9.17) is 14.6 Å². The number of fused-ring (bicyclic) bond motifs is 2. The van der Waals surface area contributed by atoms with Crippen LogP contribution in [0.1, 0.15) is 54.4 Å². The molecule has 1 aliphatic heterocycles. The van der Waals surface area contributed by atoms with E-state index >= 15 is 0 Å². The highest BCUT2D eigenvalue weighted by Crippen LogP contribution is 2.38. The molecule has 2 aromatic carbocycles. The number of aliphatic carboxylic acids is 1. The van der Waals surface area contributed by atoms with E-state index in [-0.39, 0.29) is 12.3 Å². The first-order valence-electron chi connectivity index (χ1n) is 10.0. The van der Waals surface area contributed by atoms with Gasteiger partial charge in [-0.25, -0.2) is 0 Å². The van der Waals surface area contributed by atoms with Crippen molar-refractivity contribution < 1.29 is 19.4 Å². The lowest BCUT2D eigenvalue weighted by atomic mass is 9.89. The first-order valence-corrected chi connectivity index (χ1v) is 10.0. The van der Waals surface area contributed by atoms with E-state index in [1.807, 2.05) is 18.2 Å². The summed E-state index contributed by atoms with van der Waals surface area (Å²) in [6.45, 7) is 3.03. The van der Waals surface area contributed by atoms with E-state index in [1.54, 1.807) is 0 Å². The minimum absolute atomic E-state index is 0.0762. The smallest absolute Gasteiger partial charge is 0.304 e. The van der Waals surface area contributed by atoms with Gasteiger partial charge in [-0.1, -0.05) is 24.3 Å². The third-order valence-electron chi connectivity index (χ3n) is 5.73. The second kappa shape index (κ2) is 8.09. The number of ether oxygens (including phenoxy) is 2. The Labute approximate surface area is 165 Å². The van der Waals surface area contributed by atoms with Crippen molar-refractivity contribution in [2.75, 3.05) is 13.2 Å². The van der Waals surface area contributed by atoms with Gasteiger partial charge in [-0.15, -0.1) is 0 Å². The highest BCUT2D eigenvalue weighted by molar-refractivity contribution is 5.69. The van der Waals surface area contributed by atoms with Crippen molar-refractivity contribution in [1.82, 2.24) is 0 Å². The van der Waals surface area contributed by atoms with Crippen molar-refractivity contribution in [3.63, 3.8) is 0 Å². The Morgan fingerprint density at radius 3 is 2.82 bits per heavy atom. The van der Waals surface area contributed by atoms with Crippen LogP contribution in [0.3, 0.4) is 0 Å². The predicted octanol–water partition coefficient (Wildman–Crippen LogP) is 5.00. The molecule has 1 aliphatic carbocycles. The van der Waals surface area contributed by atoms with Gasteiger partial charge in [0.05, 0.1) is 13.0 Å². The maximum Gasteiger partial charge on any atom is 0.304 e. The summed E-state index contributed by atoms with van der Waals surface area (Å²) in [6.07, 6.45) is 7.18. The van der Waals surface area contributed by atoms with E-state index in [2.05, 4.69) is 31.2 Å². The number of allylic oxidation sites excluding steroid dienone is 1. The summed E-state index contributed by atoms with van der Waals surface area (Å²) in [5.41, 5.74) is 6.42. The topological polar surface area (TPSA) is 55.8 Å². The average molecular weight is 378 g/mol. The van der Waals surface area contributed by atoms with Crippen molar-refractivity contribution in [3.8, 4) is 11.5 Å². The number of hydrogen-bond donors (Lipinski definition) is 1. The predicted molar refractivity (Wildman–Crippen MR) is 109 cm³/mol. The maximum atomic E-state index is 10.9. The molecule has 0 amide bonds. The Hall–Kier alpha value is -2.75. The van der Waals surface area contributed by atoms with Gasteiger partial charge in [0.1, 0.15) is 18.1 Å². The Morgan fingerprint density at radius 1 is 1.18 bits per heavy atom. The Bertz CT molecular complexity index is 913. The zero-order valence-corrected chi connectivity index (χ0v) is 16.2. The molecule has 1 atom stereocenters. The van der Waals surface area contributed by atoms with Gasteiger partial charge in [-0.05, 0) is 67.0 Å². The van der Waals surface area contributed by atoms with Crippen molar-refractivity contribution >= 4 is 11.5 Å². The summed E-state index contributed by atoms with van der Waals surface area (Å²) >= 11 is 0. The molecule has 0 aromatic heterocycles. The van der Waals surface area contributed by atoms with Crippen molar-refractivity contribution in [2.45, 2.75) is 44.9 Å². The average Bonchev–Trinajstić information content (AvgIpc) is 3.09. The van der Waals surface area contributed by atoms with Gasteiger partial charge in [-0.2, -0.15) is 0 Å².